The lowest BCUT2D eigenvalue weighted by molar-refractivity contribution is -0.117. The van der Waals surface area contributed by atoms with Gasteiger partial charge >= 0.3 is 0 Å². The van der Waals surface area contributed by atoms with E-state index < -0.39 is 0 Å². The van der Waals surface area contributed by atoms with E-state index in [2.05, 4.69) is 10.3 Å². The van der Waals surface area contributed by atoms with E-state index in [1.807, 2.05) is 24.3 Å². The van der Waals surface area contributed by atoms with E-state index in [-0.39, 0.29) is 5.91 Å². The number of carbonyl (C=O) groups is 1. The van der Waals surface area contributed by atoms with Crippen molar-refractivity contribution >= 4 is 28.4 Å². The second kappa shape index (κ2) is 5.21. The van der Waals surface area contributed by atoms with Crippen LogP contribution >= 0.6 is 11.6 Å². The first-order valence-corrected chi connectivity index (χ1v) is 5.80. The number of para-hydroxylation sites is 1. The Labute approximate surface area is 104 Å². The number of carbonyl (C=O) groups excluding carboxylic acids is 1. The topological polar surface area (TPSA) is 70.9 Å². The fourth-order valence-corrected chi connectivity index (χ4v) is 1.99. The third kappa shape index (κ3) is 2.78. The van der Waals surface area contributed by atoms with Gasteiger partial charge in [0.05, 0.1) is 5.02 Å². The minimum atomic E-state index is -0.305. The van der Waals surface area contributed by atoms with Gasteiger partial charge in [0.15, 0.2) is 0 Å². The van der Waals surface area contributed by atoms with Crippen LogP contribution in [0.3, 0.4) is 0 Å². The minimum Gasteiger partial charge on any atom is -0.370 e. The summed E-state index contributed by atoms with van der Waals surface area (Å²) in [4.78, 5) is 13.8. The Hall–Kier alpha value is -1.52. The van der Waals surface area contributed by atoms with Gasteiger partial charge in [-0.3, -0.25) is 4.79 Å². The normalized spacial score (nSPS) is 10.9. The molecule has 0 atom stereocenters. The summed E-state index contributed by atoms with van der Waals surface area (Å²) in [7, 11) is 0. The lowest BCUT2D eigenvalue weighted by atomic mass is 10.2. The summed E-state index contributed by atoms with van der Waals surface area (Å²) < 4.78 is 0. The van der Waals surface area contributed by atoms with Crippen molar-refractivity contribution in [3.63, 3.8) is 0 Å². The summed E-state index contributed by atoms with van der Waals surface area (Å²) in [5.74, 6) is -0.305. The van der Waals surface area contributed by atoms with Crippen LogP contribution in [-0.2, 0) is 11.3 Å². The summed E-state index contributed by atoms with van der Waals surface area (Å²) in [6.45, 7) is 1.15. The molecular formula is C12H14ClN3O. The number of aromatic nitrogens is 1. The molecule has 0 bridgehead atoms. The van der Waals surface area contributed by atoms with Gasteiger partial charge in [-0.25, -0.2) is 0 Å². The van der Waals surface area contributed by atoms with E-state index in [9.17, 15) is 4.79 Å². The Balaban J connectivity index is 2.04. The van der Waals surface area contributed by atoms with Crippen LogP contribution in [0.4, 0.5) is 0 Å². The molecule has 0 aliphatic heterocycles. The molecule has 5 heteroatoms. The van der Waals surface area contributed by atoms with Crippen LogP contribution in [0.25, 0.3) is 10.9 Å². The molecule has 90 valence electrons. The zero-order valence-electron chi connectivity index (χ0n) is 9.29. The third-order valence-electron chi connectivity index (χ3n) is 2.56. The molecule has 0 aliphatic rings. The molecule has 1 amide bonds. The van der Waals surface area contributed by atoms with Crippen molar-refractivity contribution in [1.82, 2.24) is 10.3 Å². The number of hydrogen-bond donors (Lipinski definition) is 3. The smallest absolute Gasteiger partial charge is 0.218 e. The standard InChI is InChI=1S/C12H14ClN3O/c13-12-8-3-1-2-4-9(8)16-10(12)7-15-6-5-11(14)17/h1-4,15-16H,5-7H2,(H2,14,17). The number of nitrogens with one attached hydrogen (secondary N) is 2. The molecule has 1 heterocycles. The van der Waals surface area contributed by atoms with Crippen LogP contribution in [0.2, 0.25) is 5.02 Å². The number of primary amides is 1. The maximum atomic E-state index is 10.6. The number of hydrogen-bond acceptors (Lipinski definition) is 2. The molecular weight excluding hydrogens is 238 g/mol. The second-order valence-corrected chi connectivity index (χ2v) is 4.23. The molecule has 2 aromatic rings. The van der Waals surface area contributed by atoms with Gasteiger partial charge in [0.25, 0.3) is 0 Å². The first-order chi connectivity index (χ1) is 8.18. The number of benzene rings is 1. The molecule has 2 rings (SSSR count). The first-order valence-electron chi connectivity index (χ1n) is 5.42. The van der Waals surface area contributed by atoms with Gasteiger partial charge in [0, 0.05) is 36.1 Å². The predicted molar refractivity (Wildman–Crippen MR) is 68.8 cm³/mol. The molecule has 0 spiro atoms. The average Bonchev–Trinajstić information content (AvgIpc) is 2.63. The quantitative estimate of drug-likeness (QED) is 0.709. The molecule has 0 saturated carbocycles. The van der Waals surface area contributed by atoms with Crippen molar-refractivity contribution in [3.8, 4) is 0 Å². The molecule has 4 N–H and O–H groups in total. The fraction of sp³-hybridized carbons (Fsp3) is 0.250. The number of aromatic amines is 1. The van der Waals surface area contributed by atoms with Gasteiger partial charge in [-0.15, -0.1) is 0 Å². The maximum Gasteiger partial charge on any atom is 0.218 e. The van der Waals surface area contributed by atoms with Crippen LogP contribution in [-0.4, -0.2) is 17.4 Å². The van der Waals surface area contributed by atoms with Crippen molar-refractivity contribution in [2.45, 2.75) is 13.0 Å². The lowest BCUT2D eigenvalue weighted by Crippen LogP contribution is -2.21. The van der Waals surface area contributed by atoms with Crippen LogP contribution < -0.4 is 11.1 Å². The lowest BCUT2D eigenvalue weighted by Gasteiger charge is -2.01. The highest BCUT2D eigenvalue weighted by atomic mass is 35.5. The van der Waals surface area contributed by atoms with Gasteiger partial charge in [0.2, 0.25) is 5.91 Å². The van der Waals surface area contributed by atoms with Crippen LogP contribution in [0.1, 0.15) is 12.1 Å². The summed E-state index contributed by atoms with van der Waals surface area (Å²) in [6, 6.07) is 7.86. The second-order valence-electron chi connectivity index (χ2n) is 3.86. The molecule has 0 aliphatic carbocycles. The van der Waals surface area contributed by atoms with E-state index in [4.69, 9.17) is 17.3 Å². The van der Waals surface area contributed by atoms with Crippen molar-refractivity contribution in [2.75, 3.05) is 6.54 Å². The van der Waals surface area contributed by atoms with Crippen LogP contribution in [0, 0.1) is 0 Å². The summed E-state index contributed by atoms with van der Waals surface area (Å²) in [5, 5.41) is 4.86. The van der Waals surface area contributed by atoms with Crippen molar-refractivity contribution in [3.05, 3.63) is 35.0 Å². The average molecular weight is 252 g/mol. The number of nitrogens with two attached hydrogens (primary N) is 1. The molecule has 1 aromatic carbocycles. The molecule has 0 saturated heterocycles. The first kappa shape index (κ1) is 12.0. The number of halogens is 1. The number of amides is 1. The van der Waals surface area contributed by atoms with Gasteiger partial charge in [-0.05, 0) is 6.07 Å². The molecule has 0 fully saturated rings. The monoisotopic (exact) mass is 251 g/mol. The zero-order valence-corrected chi connectivity index (χ0v) is 10.1. The molecule has 0 unspecified atom stereocenters. The summed E-state index contributed by atoms with van der Waals surface area (Å²) in [5.41, 5.74) is 7.00. The molecule has 1 aromatic heterocycles. The Kier molecular flexibility index (Phi) is 3.66. The van der Waals surface area contributed by atoms with Crippen LogP contribution in [0.15, 0.2) is 24.3 Å². The van der Waals surface area contributed by atoms with E-state index in [0.717, 1.165) is 21.6 Å². The summed E-state index contributed by atoms with van der Waals surface area (Å²) in [6.07, 6.45) is 0.331. The van der Waals surface area contributed by atoms with Crippen LogP contribution in [0.5, 0.6) is 0 Å². The summed E-state index contributed by atoms with van der Waals surface area (Å²) >= 11 is 6.24. The highest BCUT2D eigenvalue weighted by molar-refractivity contribution is 6.36. The zero-order chi connectivity index (χ0) is 12.3. The highest BCUT2D eigenvalue weighted by Gasteiger charge is 2.07. The number of fused-ring (bicyclic) bond motifs is 1. The fourth-order valence-electron chi connectivity index (χ4n) is 1.71. The van der Waals surface area contributed by atoms with Gasteiger partial charge in [-0.2, -0.15) is 0 Å². The Morgan fingerprint density at radius 2 is 2.18 bits per heavy atom. The highest BCUT2D eigenvalue weighted by Crippen LogP contribution is 2.26. The van der Waals surface area contributed by atoms with E-state index in [1.165, 1.54) is 0 Å². The Morgan fingerprint density at radius 3 is 2.88 bits per heavy atom. The predicted octanol–water partition coefficient (Wildman–Crippen LogP) is 1.79. The van der Waals surface area contributed by atoms with E-state index in [0.29, 0.717) is 19.5 Å². The van der Waals surface area contributed by atoms with Gasteiger partial charge < -0.3 is 16.0 Å². The largest absolute Gasteiger partial charge is 0.370 e. The molecule has 0 radical (unpaired) electrons. The van der Waals surface area contributed by atoms with E-state index >= 15 is 0 Å². The SMILES string of the molecule is NC(=O)CCNCc1[nH]c2ccccc2c1Cl. The molecule has 4 nitrogen and oxygen atoms in total. The van der Waals surface area contributed by atoms with Crippen molar-refractivity contribution < 1.29 is 4.79 Å². The van der Waals surface area contributed by atoms with Gasteiger partial charge in [-0.1, -0.05) is 29.8 Å². The van der Waals surface area contributed by atoms with Gasteiger partial charge in [0.1, 0.15) is 0 Å². The maximum absolute atomic E-state index is 10.6. The number of rotatable bonds is 5. The van der Waals surface area contributed by atoms with Crippen molar-refractivity contribution in [1.29, 1.82) is 0 Å². The molecule has 17 heavy (non-hydrogen) atoms. The Bertz CT molecular complexity index is 536. The minimum absolute atomic E-state index is 0.305. The van der Waals surface area contributed by atoms with E-state index in [1.54, 1.807) is 0 Å². The van der Waals surface area contributed by atoms with Crippen molar-refractivity contribution in [2.24, 2.45) is 5.73 Å². The number of H-pyrrole nitrogens is 1. The Morgan fingerprint density at radius 1 is 1.41 bits per heavy atom. The third-order valence-corrected chi connectivity index (χ3v) is 3.00.